The lowest BCUT2D eigenvalue weighted by Gasteiger charge is -2.10. The van der Waals surface area contributed by atoms with Crippen molar-refractivity contribution >= 4 is 5.91 Å². The number of amides is 1. The second-order valence-corrected chi connectivity index (χ2v) is 3.81. The molecule has 3 nitrogen and oxygen atoms in total. The summed E-state index contributed by atoms with van der Waals surface area (Å²) in [5.74, 6) is 0.620. The number of hydrogen-bond donors (Lipinski definition) is 2. The first kappa shape index (κ1) is 8.05. The Balaban J connectivity index is 1.63. The summed E-state index contributed by atoms with van der Waals surface area (Å²) in [6.45, 7) is 1.94. The second-order valence-electron chi connectivity index (χ2n) is 3.81. The van der Waals surface area contributed by atoms with Gasteiger partial charge in [-0.05, 0) is 32.2 Å². The fraction of sp³-hybridized carbons (Fsp3) is 0.889. The molecule has 2 aliphatic rings. The minimum absolute atomic E-state index is 0.267. The van der Waals surface area contributed by atoms with Crippen molar-refractivity contribution in [1.82, 2.24) is 10.6 Å². The van der Waals surface area contributed by atoms with Gasteiger partial charge in [0.1, 0.15) is 0 Å². The molecule has 1 unspecified atom stereocenters. The Morgan fingerprint density at radius 3 is 2.83 bits per heavy atom. The molecule has 12 heavy (non-hydrogen) atoms. The summed E-state index contributed by atoms with van der Waals surface area (Å²) in [4.78, 5) is 11.2. The predicted octanol–water partition coefficient (Wildman–Crippen LogP) is 0.265. The zero-order valence-corrected chi connectivity index (χ0v) is 7.31. The van der Waals surface area contributed by atoms with E-state index in [0.29, 0.717) is 12.0 Å². The van der Waals surface area contributed by atoms with Crippen LogP contribution in [0.15, 0.2) is 0 Å². The van der Waals surface area contributed by atoms with Crippen LogP contribution in [0.3, 0.4) is 0 Å². The fourth-order valence-corrected chi connectivity index (χ4v) is 1.64. The molecule has 1 amide bonds. The van der Waals surface area contributed by atoms with Gasteiger partial charge in [-0.15, -0.1) is 0 Å². The smallest absolute Gasteiger partial charge is 0.223 e. The van der Waals surface area contributed by atoms with Crippen LogP contribution in [-0.4, -0.2) is 25.0 Å². The van der Waals surface area contributed by atoms with Crippen molar-refractivity contribution < 1.29 is 4.79 Å². The van der Waals surface area contributed by atoms with Crippen LogP contribution in [-0.2, 0) is 4.79 Å². The molecule has 1 saturated heterocycles. The Hall–Kier alpha value is -0.570. The van der Waals surface area contributed by atoms with Gasteiger partial charge in [0.15, 0.2) is 0 Å². The predicted molar refractivity (Wildman–Crippen MR) is 46.8 cm³/mol. The first-order valence-corrected chi connectivity index (χ1v) is 4.87. The summed E-state index contributed by atoms with van der Waals surface area (Å²) < 4.78 is 0. The van der Waals surface area contributed by atoms with E-state index in [1.54, 1.807) is 0 Å². The summed E-state index contributed by atoms with van der Waals surface area (Å²) >= 11 is 0. The van der Waals surface area contributed by atoms with Crippen molar-refractivity contribution in [3.63, 3.8) is 0 Å². The molecule has 0 aromatic carbocycles. The Bertz CT molecular complexity index is 171. The highest BCUT2D eigenvalue weighted by Crippen LogP contribution is 2.28. The Morgan fingerprint density at radius 2 is 2.25 bits per heavy atom. The highest BCUT2D eigenvalue weighted by Gasteiger charge is 2.29. The SMILES string of the molecule is O=C(NCC1CCCN1)C1CC1. The number of carbonyl (C=O) groups excluding carboxylic acids is 1. The van der Waals surface area contributed by atoms with Crippen molar-refractivity contribution in [3.8, 4) is 0 Å². The molecule has 0 aromatic rings. The maximum atomic E-state index is 11.2. The van der Waals surface area contributed by atoms with Crippen LogP contribution in [0.5, 0.6) is 0 Å². The van der Waals surface area contributed by atoms with Gasteiger partial charge < -0.3 is 10.6 Å². The molecular weight excluding hydrogens is 152 g/mol. The van der Waals surface area contributed by atoms with E-state index in [0.717, 1.165) is 25.9 Å². The topological polar surface area (TPSA) is 41.1 Å². The molecule has 0 spiro atoms. The summed E-state index contributed by atoms with van der Waals surface area (Å²) in [6, 6.07) is 0.535. The van der Waals surface area contributed by atoms with E-state index in [2.05, 4.69) is 10.6 Å². The third-order valence-corrected chi connectivity index (χ3v) is 2.63. The highest BCUT2D eigenvalue weighted by molar-refractivity contribution is 5.80. The largest absolute Gasteiger partial charge is 0.354 e. The van der Waals surface area contributed by atoms with Gasteiger partial charge in [-0.1, -0.05) is 0 Å². The lowest BCUT2D eigenvalue weighted by molar-refractivity contribution is -0.122. The second kappa shape index (κ2) is 3.44. The molecule has 0 aromatic heterocycles. The van der Waals surface area contributed by atoms with Gasteiger partial charge in [0, 0.05) is 18.5 Å². The minimum Gasteiger partial charge on any atom is -0.354 e. The Morgan fingerprint density at radius 1 is 1.42 bits per heavy atom. The van der Waals surface area contributed by atoms with E-state index in [-0.39, 0.29) is 5.91 Å². The lowest BCUT2D eigenvalue weighted by Crippen LogP contribution is -2.37. The first-order valence-electron chi connectivity index (χ1n) is 4.87. The van der Waals surface area contributed by atoms with Crippen molar-refractivity contribution in [2.24, 2.45) is 5.92 Å². The van der Waals surface area contributed by atoms with Crippen LogP contribution < -0.4 is 10.6 Å². The van der Waals surface area contributed by atoms with Gasteiger partial charge in [-0.3, -0.25) is 4.79 Å². The summed E-state index contributed by atoms with van der Waals surface area (Å²) in [7, 11) is 0. The number of rotatable bonds is 3. The number of carbonyl (C=O) groups is 1. The molecule has 2 rings (SSSR count). The lowest BCUT2D eigenvalue weighted by atomic mass is 10.2. The number of nitrogens with one attached hydrogen (secondary N) is 2. The van der Waals surface area contributed by atoms with Crippen molar-refractivity contribution in [3.05, 3.63) is 0 Å². The Kier molecular flexibility index (Phi) is 2.30. The van der Waals surface area contributed by atoms with Crippen LogP contribution in [0, 0.1) is 5.92 Å². The molecular formula is C9H16N2O. The van der Waals surface area contributed by atoms with Gasteiger partial charge >= 0.3 is 0 Å². The van der Waals surface area contributed by atoms with E-state index < -0.39 is 0 Å². The summed E-state index contributed by atoms with van der Waals surface area (Å²) in [5, 5.41) is 6.34. The molecule has 2 fully saturated rings. The molecule has 0 bridgehead atoms. The Labute approximate surface area is 72.9 Å². The van der Waals surface area contributed by atoms with E-state index in [9.17, 15) is 4.79 Å². The maximum absolute atomic E-state index is 11.2. The molecule has 1 heterocycles. The number of hydrogen-bond acceptors (Lipinski definition) is 2. The summed E-state index contributed by atoms with van der Waals surface area (Å²) in [6.07, 6.45) is 4.67. The third-order valence-electron chi connectivity index (χ3n) is 2.63. The molecule has 1 aliphatic heterocycles. The van der Waals surface area contributed by atoms with Crippen molar-refractivity contribution in [2.45, 2.75) is 31.7 Å². The normalized spacial score (nSPS) is 28.8. The molecule has 1 aliphatic carbocycles. The van der Waals surface area contributed by atoms with E-state index >= 15 is 0 Å². The molecule has 2 N–H and O–H groups in total. The highest BCUT2D eigenvalue weighted by atomic mass is 16.2. The fourth-order valence-electron chi connectivity index (χ4n) is 1.64. The van der Waals surface area contributed by atoms with Crippen LogP contribution in [0.1, 0.15) is 25.7 Å². The molecule has 1 saturated carbocycles. The average molecular weight is 168 g/mol. The van der Waals surface area contributed by atoms with Crippen LogP contribution >= 0.6 is 0 Å². The molecule has 68 valence electrons. The minimum atomic E-state index is 0.267. The van der Waals surface area contributed by atoms with Crippen LogP contribution in [0.4, 0.5) is 0 Å². The monoisotopic (exact) mass is 168 g/mol. The van der Waals surface area contributed by atoms with Crippen LogP contribution in [0.2, 0.25) is 0 Å². The van der Waals surface area contributed by atoms with Crippen molar-refractivity contribution in [2.75, 3.05) is 13.1 Å². The maximum Gasteiger partial charge on any atom is 0.223 e. The summed E-state index contributed by atoms with van der Waals surface area (Å²) in [5.41, 5.74) is 0. The van der Waals surface area contributed by atoms with Gasteiger partial charge in [0.25, 0.3) is 0 Å². The molecule has 0 radical (unpaired) electrons. The van der Waals surface area contributed by atoms with Gasteiger partial charge in [0.2, 0.25) is 5.91 Å². The zero-order valence-electron chi connectivity index (χ0n) is 7.31. The first-order chi connectivity index (χ1) is 5.86. The van der Waals surface area contributed by atoms with Crippen LogP contribution in [0.25, 0.3) is 0 Å². The van der Waals surface area contributed by atoms with Gasteiger partial charge in [0.05, 0.1) is 0 Å². The standard InChI is InChI=1S/C9H16N2O/c12-9(7-3-4-7)11-6-8-2-1-5-10-8/h7-8,10H,1-6H2,(H,11,12). The van der Waals surface area contributed by atoms with E-state index in [4.69, 9.17) is 0 Å². The van der Waals surface area contributed by atoms with Gasteiger partial charge in [-0.2, -0.15) is 0 Å². The van der Waals surface area contributed by atoms with E-state index in [1.165, 1.54) is 12.8 Å². The van der Waals surface area contributed by atoms with Crippen molar-refractivity contribution in [1.29, 1.82) is 0 Å². The van der Waals surface area contributed by atoms with Gasteiger partial charge in [-0.25, -0.2) is 0 Å². The quantitative estimate of drug-likeness (QED) is 0.635. The average Bonchev–Trinajstić information content (AvgIpc) is 2.80. The zero-order chi connectivity index (χ0) is 8.39. The van der Waals surface area contributed by atoms with E-state index in [1.807, 2.05) is 0 Å². The third kappa shape index (κ3) is 1.97. The molecule has 1 atom stereocenters. The molecule has 3 heteroatoms.